The Morgan fingerprint density at radius 2 is 1.44 bits per heavy atom. The molecule has 0 atom stereocenters. The molecule has 0 fully saturated rings. The van der Waals surface area contributed by atoms with Crippen LogP contribution in [0.2, 0.25) is 0 Å². The maximum absolute atomic E-state index is 14.4. The first kappa shape index (κ1) is 36.3. The Labute approximate surface area is 283 Å². The first-order valence-electron chi connectivity index (χ1n) is 16.6. The predicted molar refractivity (Wildman–Crippen MR) is 187 cm³/mol. The van der Waals surface area contributed by atoms with Crippen molar-refractivity contribution < 1.29 is 33.3 Å². The second kappa shape index (κ2) is 15.1. The summed E-state index contributed by atoms with van der Waals surface area (Å²) in [4.78, 5) is 49.8. The van der Waals surface area contributed by atoms with E-state index in [1.165, 1.54) is 12.1 Å². The zero-order chi connectivity index (χ0) is 35.4. The zero-order valence-electron chi connectivity index (χ0n) is 30.1. The number of aromatic amines is 1. The molecular weight excluding hydrogens is 612 g/mol. The van der Waals surface area contributed by atoms with E-state index < -0.39 is 18.0 Å². The lowest BCUT2D eigenvalue weighted by molar-refractivity contribution is 0.101. The summed E-state index contributed by atoms with van der Waals surface area (Å²) in [6, 6.07) is 8.07. The molecule has 2 heterocycles. The molecule has 2 aromatic carbocycles. The SMILES string of the molecule is COc1ccc2[nH]cc(/C(CCCN(C)C)=C3\Oc4cc(OC(=O)N(C(C)C)C(C)C)cc(OC(=O)N(C(C)C)C(C)C)c4C3=O)c2c1. The number of fused-ring (bicyclic) bond motifs is 2. The Kier molecular flexibility index (Phi) is 11.5. The van der Waals surface area contributed by atoms with E-state index in [9.17, 15) is 14.4 Å². The predicted octanol–water partition coefficient (Wildman–Crippen LogP) is 7.74. The minimum Gasteiger partial charge on any atom is -0.497 e. The lowest BCUT2D eigenvalue weighted by Gasteiger charge is -2.30. The van der Waals surface area contributed by atoms with Crippen molar-refractivity contribution >= 4 is 34.4 Å². The van der Waals surface area contributed by atoms with E-state index in [4.69, 9.17) is 18.9 Å². The van der Waals surface area contributed by atoms with Gasteiger partial charge >= 0.3 is 12.2 Å². The Morgan fingerprint density at radius 1 is 0.833 bits per heavy atom. The number of hydrogen-bond acceptors (Lipinski definition) is 8. The minimum atomic E-state index is -0.628. The molecule has 0 saturated heterocycles. The highest BCUT2D eigenvalue weighted by atomic mass is 16.6. The lowest BCUT2D eigenvalue weighted by Crippen LogP contribution is -2.44. The van der Waals surface area contributed by atoms with Gasteiger partial charge in [0.1, 0.15) is 22.8 Å². The van der Waals surface area contributed by atoms with Gasteiger partial charge in [-0.05, 0) is 107 Å². The molecule has 0 saturated carbocycles. The van der Waals surface area contributed by atoms with Crippen LogP contribution in [0.1, 0.15) is 84.2 Å². The van der Waals surface area contributed by atoms with Gasteiger partial charge in [-0.25, -0.2) is 9.59 Å². The minimum absolute atomic E-state index is 0.0412. The summed E-state index contributed by atoms with van der Waals surface area (Å²) >= 11 is 0. The summed E-state index contributed by atoms with van der Waals surface area (Å²) in [5.74, 6) is 0.583. The highest BCUT2D eigenvalue weighted by Crippen LogP contribution is 2.45. The smallest absolute Gasteiger partial charge is 0.415 e. The summed E-state index contributed by atoms with van der Waals surface area (Å²) in [6.07, 6.45) is 1.95. The molecule has 0 bridgehead atoms. The lowest BCUT2D eigenvalue weighted by atomic mass is 9.96. The van der Waals surface area contributed by atoms with E-state index in [0.29, 0.717) is 17.7 Å². The molecule has 1 N–H and O–H groups in total. The second-order valence-electron chi connectivity index (χ2n) is 13.5. The van der Waals surface area contributed by atoms with Gasteiger partial charge in [0.2, 0.25) is 5.78 Å². The van der Waals surface area contributed by atoms with Crippen LogP contribution in [0.4, 0.5) is 9.59 Å². The number of benzene rings is 2. The van der Waals surface area contributed by atoms with Crippen molar-refractivity contribution in [3.05, 3.63) is 53.4 Å². The van der Waals surface area contributed by atoms with Crippen LogP contribution in [0.15, 0.2) is 42.3 Å². The van der Waals surface area contributed by atoms with Crippen molar-refractivity contribution in [2.75, 3.05) is 27.7 Å². The fourth-order valence-corrected chi connectivity index (χ4v) is 6.23. The molecule has 260 valence electrons. The number of amides is 2. The van der Waals surface area contributed by atoms with Gasteiger partial charge in [-0.3, -0.25) is 4.79 Å². The third kappa shape index (κ3) is 7.78. The van der Waals surface area contributed by atoms with Gasteiger partial charge < -0.3 is 38.6 Å². The molecule has 3 aromatic rings. The molecule has 11 nitrogen and oxygen atoms in total. The van der Waals surface area contributed by atoms with E-state index >= 15 is 0 Å². The van der Waals surface area contributed by atoms with E-state index in [1.54, 1.807) is 16.9 Å². The highest BCUT2D eigenvalue weighted by molar-refractivity contribution is 6.19. The molecular formula is C37H50N4O7. The molecule has 0 aliphatic carbocycles. The van der Waals surface area contributed by atoms with Gasteiger partial charge in [0.15, 0.2) is 11.5 Å². The largest absolute Gasteiger partial charge is 0.497 e. The van der Waals surface area contributed by atoms with Gasteiger partial charge in [0, 0.05) is 64.5 Å². The second-order valence-corrected chi connectivity index (χ2v) is 13.5. The van der Waals surface area contributed by atoms with Crippen LogP contribution in [0, 0.1) is 0 Å². The molecule has 0 spiro atoms. The molecule has 0 unspecified atom stereocenters. The number of hydrogen-bond donors (Lipinski definition) is 1. The van der Waals surface area contributed by atoms with Gasteiger partial charge in [0.05, 0.1) is 7.11 Å². The van der Waals surface area contributed by atoms with Crippen molar-refractivity contribution in [3.8, 4) is 23.0 Å². The third-order valence-electron chi connectivity index (χ3n) is 8.25. The Bertz CT molecular complexity index is 1670. The molecule has 48 heavy (non-hydrogen) atoms. The summed E-state index contributed by atoms with van der Waals surface area (Å²) in [6.45, 7) is 16.0. The molecule has 4 rings (SSSR count). The topological polar surface area (TPSA) is 114 Å². The number of ketones is 1. The van der Waals surface area contributed by atoms with Gasteiger partial charge in [-0.15, -0.1) is 0 Å². The number of rotatable bonds is 12. The molecule has 1 aliphatic rings. The van der Waals surface area contributed by atoms with Crippen molar-refractivity contribution in [1.29, 1.82) is 0 Å². The fraction of sp³-hybridized carbons (Fsp3) is 0.486. The van der Waals surface area contributed by atoms with Crippen LogP contribution in [-0.4, -0.2) is 89.6 Å². The Morgan fingerprint density at radius 3 is 2.00 bits per heavy atom. The molecule has 1 aromatic heterocycles. The van der Waals surface area contributed by atoms with Gasteiger partial charge in [-0.1, -0.05) is 0 Å². The van der Waals surface area contributed by atoms with E-state index in [1.807, 2.05) is 93.9 Å². The number of Topliss-reactive ketones (excluding diaryl/α,β-unsaturated/α-hetero) is 1. The number of allylic oxidation sites excluding steroid dienone is 2. The maximum atomic E-state index is 14.4. The maximum Gasteiger partial charge on any atom is 0.415 e. The summed E-state index contributed by atoms with van der Waals surface area (Å²) < 4.78 is 23.7. The monoisotopic (exact) mass is 662 g/mol. The number of methoxy groups -OCH3 is 1. The van der Waals surface area contributed by atoms with Crippen LogP contribution in [0.3, 0.4) is 0 Å². The van der Waals surface area contributed by atoms with Crippen LogP contribution < -0.4 is 18.9 Å². The molecule has 1 aliphatic heterocycles. The average molecular weight is 663 g/mol. The van der Waals surface area contributed by atoms with Crippen LogP contribution in [0.5, 0.6) is 23.0 Å². The summed E-state index contributed by atoms with van der Waals surface area (Å²) in [5.41, 5.74) is 2.48. The van der Waals surface area contributed by atoms with Crippen LogP contribution >= 0.6 is 0 Å². The number of nitrogens with one attached hydrogen (secondary N) is 1. The Hall–Kier alpha value is -4.51. The van der Waals surface area contributed by atoms with Crippen molar-refractivity contribution in [2.45, 2.75) is 92.4 Å². The summed E-state index contributed by atoms with van der Waals surface area (Å²) in [5, 5.41) is 0.877. The van der Waals surface area contributed by atoms with Crippen molar-refractivity contribution in [2.24, 2.45) is 0 Å². The van der Waals surface area contributed by atoms with Gasteiger partial charge in [-0.2, -0.15) is 0 Å². The van der Waals surface area contributed by atoms with Crippen LogP contribution in [0.25, 0.3) is 16.5 Å². The number of aromatic nitrogens is 1. The average Bonchev–Trinajstić information content (AvgIpc) is 3.54. The molecule has 11 heteroatoms. The zero-order valence-corrected chi connectivity index (χ0v) is 30.1. The number of ether oxygens (including phenoxy) is 4. The highest BCUT2D eigenvalue weighted by Gasteiger charge is 2.37. The molecule has 0 radical (unpaired) electrons. The first-order valence-corrected chi connectivity index (χ1v) is 16.6. The standard InChI is InChI=1S/C37H50N4O7/c1-21(2)40(22(3)4)36(43)46-26-18-31-33(32(19-26)48-37(44)41(23(5)6)24(7)8)34(42)35(47-31)27(13-12-16-39(9)10)29-20-38-30-15-14-25(45-11)17-28(29)30/h14-15,17-24,38H,12-13,16H2,1-11H3/b35-27-. The normalized spacial score (nSPS) is 13.9. The third-order valence-corrected chi connectivity index (χ3v) is 8.25. The number of carbonyl (C=O) groups excluding carboxylic acids is 3. The van der Waals surface area contributed by atoms with E-state index in [-0.39, 0.29) is 52.7 Å². The van der Waals surface area contributed by atoms with Crippen molar-refractivity contribution in [1.82, 2.24) is 19.7 Å². The number of carbonyl (C=O) groups is 3. The van der Waals surface area contributed by atoms with Gasteiger partial charge in [0.25, 0.3) is 0 Å². The number of nitrogens with zero attached hydrogens (tertiary/aromatic N) is 3. The first-order chi connectivity index (χ1) is 22.6. The number of H-pyrrole nitrogens is 1. The van der Waals surface area contributed by atoms with Crippen LogP contribution in [-0.2, 0) is 0 Å². The quantitative estimate of drug-likeness (QED) is 0.196. The van der Waals surface area contributed by atoms with E-state index in [0.717, 1.165) is 29.4 Å². The Balaban J connectivity index is 1.88. The van der Waals surface area contributed by atoms with E-state index in [2.05, 4.69) is 9.88 Å². The fourth-order valence-electron chi connectivity index (χ4n) is 6.23. The molecule has 2 amide bonds. The van der Waals surface area contributed by atoms with Crippen molar-refractivity contribution in [3.63, 3.8) is 0 Å². The summed E-state index contributed by atoms with van der Waals surface area (Å²) in [7, 11) is 5.60.